The predicted octanol–water partition coefficient (Wildman–Crippen LogP) is 3.72. The Morgan fingerprint density at radius 3 is 2.65 bits per heavy atom. The van der Waals surface area contributed by atoms with Crippen molar-refractivity contribution in [1.82, 2.24) is 5.32 Å². The lowest BCUT2D eigenvalue weighted by atomic mass is 10.1. The number of nitrogen functional groups attached to an aromatic ring is 1. The number of halogens is 1. The van der Waals surface area contributed by atoms with Gasteiger partial charge in [0.1, 0.15) is 0 Å². The zero-order valence-corrected chi connectivity index (χ0v) is 12.2. The molecule has 20 heavy (non-hydrogen) atoms. The van der Waals surface area contributed by atoms with Crippen LogP contribution in [-0.4, -0.2) is 5.91 Å². The first-order valence-electron chi connectivity index (χ1n) is 6.40. The summed E-state index contributed by atoms with van der Waals surface area (Å²) in [4.78, 5) is 12.2. The van der Waals surface area contributed by atoms with Crippen molar-refractivity contribution in [2.75, 3.05) is 5.73 Å². The smallest absolute Gasteiger partial charge is 0.251 e. The van der Waals surface area contributed by atoms with Crippen LogP contribution in [-0.2, 0) is 0 Å². The lowest BCUT2D eigenvalue weighted by molar-refractivity contribution is 0.0940. The highest BCUT2D eigenvalue weighted by Gasteiger charge is 2.12. The molecule has 104 valence electrons. The minimum absolute atomic E-state index is 0.112. The molecule has 2 rings (SSSR count). The van der Waals surface area contributed by atoms with E-state index in [4.69, 9.17) is 17.3 Å². The van der Waals surface area contributed by atoms with E-state index in [1.807, 2.05) is 38.1 Å². The molecule has 0 aromatic heterocycles. The standard InChI is InChI=1S/C16H17ClN2O/c1-10-8-13(6-7-15(10)18)16(20)19-11(2)12-4-3-5-14(17)9-12/h3-9,11H,18H2,1-2H3,(H,19,20). The van der Waals surface area contributed by atoms with Gasteiger partial charge in [0.05, 0.1) is 6.04 Å². The molecule has 0 saturated carbocycles. The minimum Gasteiger partial charge on any atom is -0.399 e. The number of hydrogen-bond donors (Lipinski definition) is 2. The lowest BCUT2D eigenvalue weighted by Gasteiger charge is -2.15. The Bertz CT molecular complexity index is 640. The second-order valence-electron chi connectivity index (χ2n) is 4.82. The molecule has 1 unspecified atom stereocenters. The molecular weight excluding hydrogens is 272 g/mol. The summed E-state index contributed by atoms with van der Waals surface area (Å²) in [6.45, 7) is 3.81. The van der Waals surface area contributed by atoms with Crippen LogP contribution in [0.5, 0.6) is 0 Å². The molecule has 0 aliphatic rings. The van der Waals surface area contributed by atoms with Crippen molar-refractivity contribution < 1.29 is 4.79 Å². The maximum atomic E-state index is 12.2. The molecule has 0 aliphatic carbocycles. The Hall–Kier alpha value is -2.00. The van der Waals surface area contributed by atoms with Crippen molar-refractivity contribution in [3.05, 3.63) is 64.2 Å². The van der Waals surface area contributed by atoms with E-state index >= 15 is 0 Å². The van der Waals surface area contributed by atoms with Crippen LogP contribution in [0.4, 0.5) is 5.69 Å². The maximum Gasteiger partial charge on any atom is 0.251 e. The van der Waals surface area contributed by atoms with Crippen LogP contribution < -0.4 is 11.1 Å². The molecule has 1 amide bonds. The van der Waals surface area contributed by atoms with Gasteiger partial charge in [0.2, 0.25) is 0 Å². The van der Waals surface area contributed by atoms with E-state index in [0.29, 0.717) is 16.3 Å². The largest absolute Gasteiger partial charge is 0.399 e. The zero-order valence-electron chi connectivity index (χ0n) is 11.5. The number of aryl methyl sites for hydroxylation is 1. The third-order valence-electron chi connectivity index (χ3n) is 3.23. The predicted molar refractivity (Wildman–Crippen MR) is 82.9 cm³/mol. The van der Waals surface area contributed by atoms with Gasteiger partial charge in [-0.05, 0) is 55.3 Å². The van der Waals surface area contributed by atoms with Crippen LogP contribution in [0.25, 0.3) is 0 Å². The van der Waals surface area contributed by atoms with Gasteiger partial charge in [-0.3, -0.25) is 4.79 Å². The van der Waals surface area contributed by atoms with E-state index in [2.05, 4.69) is 5.32 Å². The number of nitrogens with one attached hydrogen (secondary N) is 1. The Labute approximate surface area is 123 Å². The fraction of sp³-hybridized carbons (Fsp3) is 0.188. The van der Waals surface area contributed by atoms with Crippen LogP contribution in [0, 0.1) is 6.92 Å². The van der Waals surface area contributed by atoms with Gasteiger partial charge >= 0.3 is 0 Å². The number of anilines is 1. The van der Waals surface area contributed by atoms with Gasteiger partial charge in [0.15, 0.2) is 0 Å². The van der Waals surface area contributed by atoms with Crippen molar-refractivity contribution >= 4 is 23.2 Å². The van der Waals surface area contributed by atoms with Gasteiger partial charge < -0.3 is 11.1 Å². The minimum atomic E-state index is -0.124. The molecule has 3 N–H and O–H groups in total. The van der Waals surface area contributed by atoms with Crippen molar-refractivity contribution in [1.29, 1.82) is 0 Å². The molecule has 0 aliphatic heterocycles. The van der Waals surface area contributed by atoms with E-state index in [-0.39, 0.29) is 11.9 Å². The Morgan fingerprint density at radius 2 is 2.00 bits per heavy atom. The molecule has 0 bridgehead atoms. The normalized spacial score (nSPS) is 11.9. The van der Waals surface area contributed by atoms with Gasteiger partial charge in [0, 0.05) is 16.3 Å². The molecule has 0 saturated heterocycles. The third kappa shape index (κ3) is 3.31. The number of nitrogens with two attached hydrogens (primary N) is 1. The van der Waals surface area contributed by atoms with Crippen LogP contribution in [0.3, 0.4) is 0 Å². The topological polar surface area (TPSA) is 55.1 Å². The summed E-state index contributed by atoms with van der Waals surface area (Å²) in [7, 11) is 0. The van der Waals surface area contributed by atoms with Crippen molar-refractivity contribution in [2.24, 2.45) is 0 Å². The third-order valence-corrected chi connectivity index (χ3v) is 3.46. The monoisotopic (exact) mass is 288 g/mol. The van der Waals surface area contributed by atoms with Crippen LogP contribution >= 0.6 is 11.6 Å². The molecule has 0 heterocycles. The summed E-state index contributed by atoms with van der Waals surface area (Å²) in [6.07, 6.45) is 0. The van der Waals surface area contributed by atoms with E-state index in [1.54, 1.807) is 18.2 Å². The molecular formula is C16H17ClN2O. The van der Waals surface area contributed by atoms with Crippen molar-refractivity contribution in [2.45, 2.75) is 19.9 Å². The van der Waals surface area contributed by atoms with Gasteiger partial charge in [-0.15, -0.1) is 0 Å². The van der Waals surface area contributed by atoms with E-state index < -0.39 is 0 Å². The second kappa shape index (κ2) is 5.97. The average Bonchev–Trinajstić information content (AvgIpc) is 2.41. The fourth-order valence-electron chi connectivity index (χ4n) is 1.96. The van der Waals surface area contributed by atoms with Crippen LogP contribution in [0.15, 0.2) is 42.5 Å². The molecule has 3 nitrogen and oxygen atoms in total. The second-order valence-corrected chi connectivity index (χ2v) is 5.26. The highest BCUT2D eigenvalue weighted by Crippen LogP contribution is 2.18. The highest BCUT2D eigenvalue weighted by atomic mass is 35.5. The van der Waals surface area contributed by atoms with E-state index in [0.717, 1.165) is 11.1 Å². The average molecular weight is 289 g/mol. The first-order valence-corrected chi connectivity index (χ1v) is 6.77. The Kier molecular flexibility index (Phi) is 4.30. The summed E-state index contributed by atoms with van der Waals surface area (Å²) in [5.41, 5.74) is 8.91. The van der Waals surface area contributed by atoms with Gasteiger partial charge in [-0.2, -0.15) is 0 Å². The summed E-state index contributed by atoms with van der Waals surface area (Å²) < 4.78 is 0. The Morgan fingerprint density at radius 1 is 1.25 bits per heavy atom. The number of amides is 1. The summed E-state index contributed by atoms with van der Waals surface area (Å²) in [5.74, 6) is -0.124. The fourth-order valence-corrected chi connectivity index (χ4v) is 2.15. The number of carbonyl (C=O) groups is 1. The molecule has 2 aromatic carbocycles. The van der Waals surface area contributed by atoms with Gasteiger partial charge in [-0.25, -0.2) is 0 Å². The van der Waals surface area contributed by atoms with Gasteiger partial charge in [-0.1, -0.05) is 23.7 Å². The van der Waals surface area contributed by atoms with E-state index in [1.165, 1.54) is 0 Å². The summed E-state index contributed by atoms with van der Waals surface area (Å²) in [6, 6.07) is 12.6. The quantitative estimate of drug-likeness (QED) is 0.846. The first kappa shape index (κ1) is 14.4. The van der Waals surface area contributed by atoms with Crippen molar-refractivity contribution in [3.8, 4) is 0 Å². The lowest BCUT2D eigenvalue weighted by Crippen LogP contribution is -2.26. The molecule has 0 spiro atoms. The molecule has 4 heteroatoms. The SMILES string of the molecule is Cc1cc(C(=O)NC(C)c2cccc(Cl)c2)ccc1N. The van der Waals surface area contributed by atoms with Crippen LogP contribution in [0.1, 0.15) is 34.5 Å². The maximum absolute atomic E-state index is 12.2. The molecule has 2 aromatic rings. The van der Waals surface area contributed by atoms with Gasteiger partial charge in [0.25, 0.3) is 5.91 Å². The Balaban J connectivity index is 2.13. The first-order chi connectivity index (χ1) is 9.47. The van der Waals surface area contributed by atoms with E-state index in [9.17, 15) is 4.79 Å². The van der Waals surface area contributed by atoms with Crippen LogP contribution in [0.2, 0.25) is 5.02 Å². The number of carbonyl (C=O) groups excluding carboxylic acids is 1. The summed E-state index contributed by atoms with van der Waals surface area (Å²) in [5, 5.41) is 3.61. The number of benzene rings is 2. The highest BCUT2D eigenvalue weighted by molar-refractivity contribution is 6.30. The number of hydrogen-bond acceptors (Lipinski definition) is 2. The number of rotatable bonds is 3. The molecule has 1 atom stereocenters. The molecule has 0 fully saturated rings. The zero-order chi connectivity index (χ0) is 14.7. The summed E-state index contributed by atoms with van der Waals surface area (Å²) >= 11 is 5.95. The molecule has 0 radical (unpaired) electrons. The van der Waals surface area contributed by atoms with Crippen molar-refractivity contribution in [3.63, 3.8) is 0 Å².